The van der Waals surface area contributed by atoms with Gasteiger partial charge in [-0.2, -0.15) is 0 Å². The molecule has 3 aliphatic heterocycles. The number of fused-ring (bicyclic) bond motifs is 4. The molecule has 1 aromatic carbocycles. The Morgan fingerprint density at radius 2 is 1.93 bits per heavy atom. The topological polar surface area (TPSA) is 130 Å². The van der Waals surface area contributed by atoms with E-state index in [4.69, 9.17) is 30.6 Å². The zero-order chi connectivity index (χ0) is 32.3. The second kappa shape index (κ2) is 12.4. The monoisotopic (exact) mass is 647 g/mol. The number of rotatable bonds is 6. The zero-order valence-electron chi connectivity index (χ0n) is 26.7. The van der Waals surface area contributed by atoms with Crippen molar-refractivity contribution >= 4 is 29.2 Å². The van der Waals surface area contributed by atoms with Gasteiger partial charge in [-0.15, -0.1) is 0 Å². The first-order valence-corrected chi connectivity index (χ1v) is 16.5. The number of hydroxylamine groups is 1. The summed E-state index contributed by atoms with van der Waals surface area (Å²) in [6, 6.07) is 4.27. The smallest absolute Gasteiger partial charge is 0.323 e. The molecule has 6 rings (SSSR count). The predicted octanol–water partition coefficient (Wildman–Crippen LogP) is 2.76. The van der Waals surface area contributed by atoms with Crippen LogP contribution >= 0.6 is 11.6 Å². The molecular formula is C33H46ClN3O8. The van der Waals surface area contributed by atoms with Crippen molar-refractivity contribution in [2.24, 2.45) is 23.7 Å². The van der Waals surface area contributed by atoms with E-state index in [0.717, 1.165) is 38.0 Å². The van der Waals surface area contributed by atoms with Gasteiger partial charge in [-0.05, 0) is 49.2 Å². The van der Waals surface area contributed by atoms with Crippen molar-refractivity contribution in [3.8, 4) is 0 Å². The standard InChI is InChI=1S/C33H46ClN3O8/c1-18-15-24-22(19(2)17-37-11-13-42-14-12-37)10-9-20(3)33(24,41)29(28(18)43-21(4)38)44-30(39)26-16-32(40)23-7-6-8-25(34)27(23)36(5)45-31(32)35-26/h6-8,15,19-20,22,24,26,28-29,31,35,40-41H,9-14,16-17H2,1-5H3/t19?,20-,22+,24-,26+,28-,29+,31-,32-,33-/m1/s1. The summed E-state index contributed by atoms with van der Waals surface area (Å²) in [5.41, 5.74) is -1.21. The number of hydrogen-bond acceptors (Lipinski definition) is 11. The lowest BCUT2D eigenvalue weighted by Gasteiger charge is -2.56. The molecule has 0 amide bonds. The van der Waals surface area contributed by atoms with Crippen LogP contribution in [0.25, 0.3) is 0 Å². The molecular weight excluding hydrogens is 602 g/mol. The fourth-order valence-corrected chi connectivity index (χ4v) is 8.78. The predicted molar refractivity (Wildman–Crippen MR) is 166 cm³/mol. The van der Waals surface area contributed by atoms with E-state index in [1.165, 1.54) is 12.0 Å². The van der Waals surface area contributed by atoms with Crippen LogP contribution < -0.4 is 10.4 Å². The van der Waals surface area contributed by atoms with E-state index in [1.54, 1.807) is 25.2 Å². The fourth-order valence-electron chi connectivity index (χ4n) is 8.49. The second-order valence-electron chi connectivity index (χ2n) is 13.7. The third kappa shape index (κ3) is 5.68. The molecule has 5 aliphatic rings. The van der Waals surface area contributed by atoms with Gasteiger partial charge in [0.1, 0.15) is 17.2 Å². The molecule has 3 fully saturated rings. The Morgan fingerprint density at radius 1 is 1.20 bits per heavy atom. The van der Waals surface area contributed by atoms with Crippen molar-refractivity contribution in [1.29, 1.82) is 0 Å². The lowest BCUT2D eigenvalue weighted by molar-refractivity contribution is -0.225. The Balaban J connectivity index is 1.28. The molecule has 0 bridgehead atoms. The first-order valence-electron chi connectivity index (χ1n) is 16.1. The second-order valence-corrected chi connectivity index (χ2v) is 14.1. The highest BCUT2D eigenvalue weighted by atomic mass is 35.5. The Morgan fingerprint density at radius 3 is 2.64 bits per heavy atom. The van der Waals surface area contributed by atoms with Crippen LogP contribution in [-0.2, 0) is 34.2 Å². The third-order valence-electron chi connectivity index (χ3n) is 10.9. The average Bonchev–Trinajstić information content (AvgIpc) is 3.34. The molecule has 3 heterocycles. The first kappa shape index (κ1) is 32.7. The van der Waals surface area contributed by atoms with Crippen molar-refractivity contribution in [3.05, 3.63) is 40.4 Å². The Kier molecular flexibility index (Phi) is 9.01. The van der Waals surface area contributed by atoms with Crippen molar-refractivity contribution in [3.63, 3.8) is 0 Å². The van der Waals surface area contributed by atoms with Gasteiger partial charge in [0.05, 0.1) is 23.9 Å². The Labute approximate surface area is 269 Å². The highest BCUT2D eigenvalue weighted by molar-refractivity contribution is 6.33. The number of morpholine rings is 1. The number of carbonyl (C=O) groups is 2. The normalized spacial score (nSPS) is 38.8. The van der Waals surface area contributed by atoms with Gasteiger partial charge >= 0.3 is 11.9 Å². The molecule has 2 saturated heterocycles. The molecule has 0 radical (unpaired) electrons. The Bertz CT molecular complexity index is 1340. The largest absolute Gasteiger partial charge is 0.454 e. The van der Waals surface area contributed by atoms with Gasteiger partial charge in [-0.1, -0.05) is 43.7 Å². The summed E-state index contributed by atoms with van der Waals surface area (Å²) in [5.74, 6) is -1.34. The van der Waals surface area contributed by atoms with Crippen LogP contribution in [0.3, 0.4) is 0 Å². The number of hydrogen-bond donors (Lipinski definition) is 3. The number of nitrogens with one attached hydrogen (secondary N) is 1. The molecule has 0 aromatic heterocycles. The third-order valence-corrected chi connectivity index (χ3v) is 11.2. The minimum absolute atomic E-state index is 0.0337. The van der Waals surface area contributed by atoms with Gasteiger partial charge in [-0.3, -0.25) is 29.7 Å². The quantitative estimate of drug-likeness (QED) is 0.311. The number of anilines is 1. The van der Waals surface area contributed by atoms with Crippen LogP contribution in [0.2, 0.25) is 5.02 Å². The minimum Gasteiger partial charge on any atom is -0.454 e. The summed E-state index contributed by atoms with van der Waals surface area (Å²) in [7, 11) is 1.69. The molecule has 1 saturated carbocycles. The first-order chi connectivity index (χ1) is 21.3. The van der Waals surface area contributed by atoms with Crippen molar-refractivity contribution in [1.82, 2.24) is 10.2 Å². The zero-order valence-corrected chi connectivity index (χ0v) is 27.5. The molecule has 45 heavy (non-hydrogen) atoms. The number of aliphatic hydroxyl groups is 2. The maximum Gasteiger partial charge on any atom is 0.323 e. The summed E-state index contributed by atoms with van der Waals surface area (Å²) < 4.78 is 17.6. The number of ether oxygens (including phenoxy) is 3. The van der Waals surface area contributed by atoms with E-state index in [-0.39, 0.29) is 30.1 Å². The van der Waals surface area contributed by atoms with E-state index in [9.17, 15) is 19.8 Å². The van der Waals surface area contributed by atoms with Crippen LogP contribution in [-0.4, -0.2) is 97.0 Å². The van der Waals surface area contributed by atoms with Gasteiger partial charge in [0.2, 0.25) is 0 Å². The summed E-state index contributed by atoms with van der Waals surface area (Å²) >= 11 is 6.44. The molecule has 2 aliphatic carbocycles. The van der Waals surface area contributed by atoms with E-state index in [1.807, 2.05) is 19.9 Å². The van der Waals surface area contributed by atoms with Crippen LogP contribution in [0.15, 0.2) is 29.8 Å². The van der Waals surface area contributed by atoms with Crippen LogP contribution in [0.1, 0.15) is 52.5 Å². The number of benzene rings is 1. The molecule has 1 unspecified atom stereocenters. The van der Waals surface area contributed by atoms with E-state index < -0.39 is 47.6 Å². The number of carbonyl (C=O) groups excluding carboxylic acids is 2. The van der Waals surface area contributed by atoms with Gasteiger partial charge < -0.3 is 24.4 Å². The SMILES string of the molecule is CC(=O)O[C@@H]1C(C)=C[C@@H]2[C@H](C(C)CN3CCOCC3)CC[C@@H](C)[C@]2(O)[C@H]1OC(=O)[C@@H]1C[C@@]2(O)c3cccc(Cl)c3N(C)O[C@H]2N1. The highest BCUT2D eigenvalue weighted by Gasteiger charge is 2.62. The maximum atomic E-state index is 14.0. The summed E-state index contributed by atoms with van der Waals surface area (Å²) in [4.78, 5) is 34.7. The van der Waals surface area contributed by atoms with Crippen LogP contribution in [0.4, 0.5) is 5.69 Å². The average molecular weight is 648 g/mol. The number of esters is 2. The Hall–Kier alpha value is -2.25. The fraction of sp³-hybridized carbons (Fsp3) is 0.697. The van der Waals surface area contributed by atoms with Crippen molar-refractivity contribution in [2.45, 2.75) is 82.6 Å². The number of halogens is 1. The summed E-state index contributed by atoms with van der Waals surface area (Å²) in [5, 5.41) is 29.6. The van der Waals surface area contributed by atoms with Gasteiger partial charge in [-0.25, -0.2) is 0 Å². The lowest BCUT2D eigenvalue weighted by atomic mass is 9.55. The van der Waals surface area contributed by atoms with Gasteiger partial charge in [0.25, 0.3) is 0 Å². The molecule has 3 N–H and O–H groups in total. The van der Waals surface area contributed by atoms with Crippen LogP contribution in [0.5, 0.6) is 0 Å². The summed E-state index contributed by atoms with van der Waals surface area (Å²) in [6.07, 6.45) is 0.656. The molecule has 248 valence electrons. The van der Waals surface area contributed by atoms with Crippen molar-refractivity contribution < 1.29 is 38.9 Å². The van der Waals surface area contributed by atoms with Crippen molar-refractivity contribution in [2.75, 3.05) is 45.0 Å². The van der Waals surface area contributed by atoms with E-state index >= 15 is 0 Å². The maximum absolute atomic E-state index is 14.0. The van der Waals surface area contributed by atoms with Crippen LogP contribution in [0, 0.1) is 23.7 Å². The summed E-state index contributed by atoms with van der Waals surface area (Å²) in [6.45, 7) is 11.5. The molecule has 0 spiro atoms. The minimum atomic E-state index is -1.55. The molecule has 10 atom stereocenters. The lowest BCUT2D eigenvalue weighted by Crippen LogP contribution is -2.66. The number of para-hydroxylation sites is 1. The highest BCUT2D eigenvalue weighted by Crippen LogP contribution is 2.53. The molecule has 12 heteroatoms. The van der Waals surface area contributed by atoms with Gasteiger partial charge in [0, 0.05) is 51.5 Å². The molecule has 11 nitrogen and oxygen atoms in total. The van der Waals surface area contributed by atoms with E-state index in [2.05, 4.69) is 17.1 Å². The van der Waals surface area contributed by atoms with E-state index in [0.29, 0.717) is 29.5 Å². The van der Waals surface area contributed by atoms with Gasteiger partial charge in [0.15, 0.2) is 18.4 Å². The number of nitrogens with zero attached hydrogens (tertiary/aromatic N) is 2. The molecule has 1 aromatic rings.